The summed E-state index contributed by atoms with van der Waals surface area (Å²) in [6, 6.07) is 19.9. The van der Waals surface area contributed by atoms with Gasteiger partial charge in [0.25, 0.3) is 0 Å². The molecule has 1 fully saturated rings. The van der Waals surface area contributed by atoms with Crippen molar-refractivity contribution in [1.29, 1.82) is 0 Å². The van der Waals surface area contributed by atoms with Gasteiger partial charge in [0, 0.05) is 24.3 Å². The SMILES string of the molecule is S=C1NC(c2ccccn2)C(c2cccn2Cc2ccccn2)N1Cc1ccco1. The van der Waals surface area contributed by atoms with Gasteiger partial charge >= 0.3 is 0 Å². The lowest BCUT2D eigenvalue weighted by atomic mass is 10.0. The third-order valence-corrected chi connectivity index (χ3v) is 5.68. The molecule has 0 spiro atoms. The molecule has 1 N–H and O–H groups in total. The predicted molar refractivity (Wildman–Crippen MR) is 117 cm³/mol. The van der Waals surface area contributed by atoms with Crippen molar-refractivity contribution < 1.29 is 4.42 Å². The average Bonchev–Trinajstić information content (AvgIpc) is 3.52. The standard InChI is InChI=1S/C23H21N5OS/c30-23-26-21(19-9-2-4-12-25-19)22(28(23)16-18-8-6-14-29-18)20-10-5-13-27(20)15-17-7-1-3-11-24-17/h1-14,21-22H,15-16H2,(H,26,30). The van der Waals surface area contributed by atoms with E-state index >= 15 is 0 Å². The van der Waals surface area contributed by atoms with Gasteiger partial charge in [0.1, 0.15) is 5.76 Å². The quantitative estimate of drug-likeness (QED) is 0.479. The molecule has 0 aliphatic carbocycles. The molecule has 1 saturated heterocycles. The number of nitrogens with one attached hydrogen (secondary N) is 1. The first kappa shape index (κ1) is 18.6. The lowest BCUT2D eigenvalue weighted by Crippen LogP contribution is -2.30. The van der Waals surface area contributed by atoms with Crippen molar-refractivity contribution >= 4 is 17.3 Å². The molecule has 30 heavy (non-hydrogen) atoms. The third kappa shape index (κ3) is 3.59. The first-order valence-electron chi connectivity index (χ1n) is 9.85. The monoisotopic (exact) mass is 415 g/mol. The Balaban J connectivity index is 1.54. The van der Waals surface area contributed by atoms with Crippen LogP contribution in [0.4, 0.5) is 0 Å². The van der Waals surface area contributed by atoms with Gasteiger partial charge < -0.3 is 19.2 Å². The fraction of sp³-hybridized carbons (Fsp3) is 0.174. The Morgan fingerprint density at radius 2 is 1.80 bits per heavy atom. The first-order valence-corrected chi connectivity index (χ1v) is 10.3. The summed E-state index contributed by atoms with van der Waals surface area (Å²) in [6.45, 7) is 1.28. The number of nitrogens with zero attached hydrogens (tertiary/aromatic N) is 4. The van der Waals surface area contributed by atoms with E-state index in [1.54, 1.807) is 6.26 Å². The summed E-state index contributed by atoms with van der Waals surface area (Å²) in [5.74, 6) is 0.869. The molecule has 5 rings (SSSR count). The Kier molecular flexibility index (Phi) is 5.03. The minimum Gasteiger partial charge on any atom is -0.467 e. The lowest BCUT2D eigenvalue weighted by molar-refractivity contribution is 0.277. The van der Waals surface area contributed by atoms with Crippen molar-refractivity contribution in [3.63, 3.8) is 0 Å². The van der Waals surface area contributed by atoms with Crippen molar-refractivity contribution in [1.82, 2.24) is 24.8 Å². The first-order chi connectivity index (χ1) is 14.8. The zero-order chi connectivity index (χ0) is 20.3. The Morgan fingerprint density at radius 3 is 2.53 bits per heavy atom. The zero-order valence-electron chi connectivity index (χ0n) is 16.3. The van der Waals surface area contributed by atoms with Crippen LogP contribution in [0.2, 0.25) is 0 Å². The molecule has 4 aromatic heterocycles. The molecule has 4 aromatic rings. The van der Waals surface area contributed by atoms with E-state index in [1.807, 2.05) is 60.9 Å². The van der Waals surface area contributed by atoms with Gasteiger partial charge in [-0.25, -0.2) is 0 Å². The summed E-state index contributed by atoms with van der Waals surface area (Å²) >= 11 is 5.74. The van der Waals surface area contributed by atoms with Crippen LogP contribution in [0.5, 0.6) is 0 Å². The van der Waals surface area contributed by atoms with E-state index in [0.717, 1.165) is 22.8 Å². The molecule has 1 aliphatic rings. The second kappa shape index (κ2) is 8.12. The highest BCUT2D eigenvalue weighted by molar-refractivity contribution is 7.80. The van der Waals surface area contributed by atoms with Crippen LogP contribution < -0.4 is 5.32 Å². The van der Waals surface area contributed by atoms with Gasteiger partial charge in [0.15, 0.2) is 5.11 Å². The molecule has 6 nitrogen and oxygen atoms in total. The highest BCUT2D eigenvalue weighted by atomic mass is 32.1. The van der Waals surface area contributed by atoms with E-state index in [0.29, 0.717) is 18.2 Å². The number of aromatic nitrogens is 3. The molecule has 5 heterocycles. The van der Waals surface area contributed by atoms with E-state index in [4.69, 9.17) is 16.6 Å². The van der Waals surface area contributed by atoms with Gasteiger partial charge in [0.2, 0.25) is 0 Å². The molecule has 0 amide bonds. The van der Waals surface area contributed by atoms with Crippen molar-refractivity contribution in [2.45, 2.75) is 25.2 Å². The van der Waals surface area contributed by atoms with Crippen LogP contribution in [-0.4, -0.2) is 24.5 Å². The Labute approximate surface area is 180 Å². The van der Waals surface area contributed by atoms with Gasteiger partial charge in [-0.2, -0.15) is 0 Å². The van der Waals surface area contributed by atoms with Gasteiger partial charge in [-0.1, -0.05) is 12.1 Å². The molecule has 2 unspecified atom stereocenters. The molecule has 0 aromatic carbocycles. The second-order valence-corrected chi connectivity index (χ2v) is 7.60. The summed E-state index contributed by atoms with van der Waals surface area (Å²) in [4.78, 5) is 11.3. The van der Waals surface area contributed by atoms with E-state index < -0.39 is 0 Å². The molecular weight excluding hydrogens is 394 g/mol. The van der Waals surface area contributed by atoms with Crippen molar-refractivity contribution in [3.05, 3.63) is 108 Å². The van der Waals surface area contributed by atoms with Gasteiger partial charge in [0.05, 0.1) is 42.8 Å². The van der Waals surface area contributed by atoms with Crippen LogP contribution in [0.3, 0.4) is 0 Å². The van der Waals surface area contributed by atoms with Gasteiger partial charge in [-0.3, -0.25) is 9.97 Å². The smallest absolute Gasteiger partial charge is 0.170 e. The molecule has 1 aliphatic heterocycles. The van der Waals surface area contributed by atoms with Gasteiger partial charge in [-0.05, 0) is 60.7 Å². The molecule has 7 heteroatoms. The number of hydrogen-bond donors (Lipinski definition) is 1. The topological polar surface area (TPSA) is 59.1 Å². The normalized spacial score (nSPS) is 18.5. The summed E-state index contributed by atoms with van der Waals surface area (Å²) in [5, 5.41) is 4.18. The van der Waals surface area contributed by atoms with E-state index in [2.05, 4.69) is 43.1 Å². The number of furan rings is 1. The van der Waals surface area contributed by atoms with Crippen LogP contribution >= 0.6 is 12.2 Å². The molecule has 2 atom stereocenters. The molecule has 150 valence electrons. The number of rotatable bonds is 6. The maximum absolute atomic E-state index is 5.74. The van der Waals surface area contributed by atoms with Crippen LogP contribution in [0.25, 0.3) is 0 Å². The second-order valence-electron chi connectivity index (χ2n) is 7.22. The fourth-order valence-electron chi connectivity index (χ4n) is 3.97. The van der Waals surface area contributed by atoms with Crippen LogP contribution in [0.15, 0.2) is 89.9 Å². The Hall–Kier alpha value is -3.45. The summed E-state index contributed by atoms with van der Waals surface area (Å²) in [6.07, 6.45) is 7.42. The van der Waals surface area contributed by atoms with Gasteiger partial charge in [-0.15, -0.1) is 0 Å². The summed E-state index contributed by atoms with van der Waals surface area (Å²) < 4.78 is 7.84. The average molecular weight is 416 g/mol. The summed E-state index contributed by atoms with van der Waals surface area (Å²) in [7, 11) is 0. The number of thiocarbonyl (C=S) groups is 1. The maximum Gasteiger partial charge on any atom is 0.170 e. The Morgan fingerprint density at radius 1 is 0.933 bits per heavy atom. The van der Waals surface area contributed by atoms with Crippen molar-refractivity contribution in [2.75, 3.05) is 0 Å². The van der Waals surface area contributed by atoms with Crippen LogP contribution in [0.1, 0.15) is 34.9 Å². The van der Waals surface area contributed by atoms with E-state index in [9.17, 15) is 0 Å². The predicted octanol–water partition coefficient (Wildman–Crippen LogP) is 4.09. The Bertz CT molecular complexity index is 1110. The number of hydrogen-bond acceptors (Lipinski definition) is 4. The lowest BCUT2D eigenvalue weighted by Gasteiger charge is -2.28. The zero-order valence-corrected chi connectivity index (χ0v) is 17.1. The van der Waals surface area contributed by atoms with Crippen molar-refractivity contribution in [2.24, 2.45) is 0 Å². The largest absolute Gasteiger partial charge is 0.467 e. The molecular formula is C23H21N5OS. The van der Waals surface area contributed by atoms with Crippen molar-refractivity contribution in [3.8, 4) is 0 Å². The third-order valence-electron chi connectivity index (χ3n) is 5.33. The van der Waals surface area contributed by atoms with E-state index in [1.165, 1.54) is 0 Å². The highest BCUT2D eigenvalue weighted by Crippen LogP contribution is 2.39. The van der Waals surface area contributed by atoms with Crippen LogP contribution in [0, 0.1) is 0 Å². The molecule has 0 bridgehead atoms. The fourth-order valence-corrected chi connectivity index (χ4v) is 4.28. The maximum atomic E-state index is 5.74. The molecule has 0 radical (unpaired) electrons. The minimum absolute atomic E-state index is 0.0313. The summed E-state index contributed by atoms with van der Waals surface area (Å²) in [5.41, 5.74) is 3.11. The van der Waals surface area contributed by atoms with Crippen LogP contribution in [-0.2, 0) is 13.1 Å². The van der Waals surface area contributed by atoms with E-state index in [-0.39, 0.29) is 12.1 Å². The highest BCUT2D eigenvalue weighted by Gasteiger charge is 2.41. The minimum atomic E-state index is -0.0638. The number of pyridine rings is 2. The molecule has 0 saturated carbocycles.